The molecule has 2 aromatic rings. The fourth-order valence-electron chi connectivity index (χ4n) is 3.17. The minimum atomic E-state index is -0.306. The van der Waals surface area contributed by atoms with Crippen LogP contribution in [0.3, 0.4) is 0 Å². The van der Waals surface area contributed by atoms with E-state index in [4.69, 9.17) is 4.74 Å². The Hall–Kier alpha value is -2.12. The van der Waals surface area contributed by atoms with Crippen LogP contribution >= 0.6 is 0 Å². The molecule has 0 aliphatic carbocycles. The van der Waals surface area contributed by atoms with Crippen molar-refractivity contribution in [3.8, 4) is 5.75 Å². The normalized spacial score (nSPS) is 18.4. The molecule has 0 spiro atoms. The van der Waals surface area contributed by atoms with Crippen molar-refractivity contribution in [3.05, 3.63) is 24.0 Å². The van der Waals surface area contributed by atoms with Crippen LogP contribution in [0, 0.1) is 0 Å². The first-order valence-electron chi connectivity index (χ1n) is 8.72. The molecule has 0 saturated carbocycles. The number of hydrogen-bond acceptors (Lipinski definition) is 5. The number of aliphatic hydroxyl groups is 1. The molecule has 25 heavy (non-hydrogen) atoms. The number of piperidine rings is 1. The number of fused-ring (bicyclic) bond motifs is 1. The molecule has 1 aromatic carbocycles. The van der Waals surface area contributed by atoms with Gasteiger partial charge in [-0.25, -0.2) is 4.98 Å². The molecular formula is C18H26N4O3. The molecule has 0 unspecified atom stereocenters. The molecule has 1 amide bonds. The first-order chi connectivity index (χ1) is 12.0. The maximum absolute atomic E-state index is 12.4. The molecule has 2 N–H and O–H groups in total. The number of nitrogens with one attached hydrogen (secondary N) is 1. The average molecular weight is 346 g/mol. The number of nitrogens with zero attached hydrogens (tertiary/aromatic N) is 3. The highest BCUT2D eigenvalue weighted by Gasteiger charge is 2.21. The Morgan fingerprint density at radius 1 is 1.52 bits per heavy atom. The average Bonchev–Trinajstić information content (AvgIpc) is 3.01. The first-order valence-corrected chi connectivity index (χ1v) is 8.72. The molecule has 136 valence electrons. The van der Waals surface area contributed by atoms with Gasteiger partial charge in [0.05, 0.1) is 30.8 Å². The lowest BCUT2D eigenvalue weighted by molar-refractivity contribution is -0.131. The van der Waals surface area contributed by atoms with E-state index in [9.17, 15) is 9.90 Å². The zero-order valence-electron chi connectivity index (χ0n) is 14.9. The molecule has 2 heterocycles. The van der Waals surface area contributed by atoms with Crippen molar-refractivity contribution >= 4 is 16.9 Å². The van der Waals surface area contributed by atoms with Gasteiger partial charge in [-0.05, 0) is 31.5 Å². The number of rotatable bonds is 6. The van der Waals surface area contributed by atoms with Gasteiger partial charge in [0, 0.05) is 32.6 Å². The summed E-state index contributed by atoms with van der Waals surface area (Å²) in [4.78, 5) is 23.9. The summed E-state index contributed by atoms with van der Waals surface area (Å²) >= 11 is 0. The highest BCUT2D eigenvalue weighted by Crippen LogP contribution is 2.19. The van der Waals surface area contributed by atoms with E-state index in [1.165, 1.54) is 0 Å². The van der Waals surface area contributed by atoms with Gasteiger partial charge in [0.2, 0.25) is 5.91 Å². The van der Waals surface area contributed by atoms with Crippen LogP contribution in [-0.2, 0) is 11.2 Å². The lowest BCUT2D eigenvalue weighted by Crippen LogP contribution is -2.45. The van der Waals surface area contributed by atoms with Crippen LogP contribution in [0.1, 0.15) is 18.7 Å². The molecule has 1 aromatic heterocycles. The summed E-state index contributed by atoms with van der Waals surface area (Å²) < 4.78 is 5.22. The predicted molar refractivity (Wildman–Crippen MR) is 95.7 cm³/mol. The number of methoxy groups -OCH3 is 1. The third-order valence-corrected chi connectivity index (χ3v) is 4.69. The van der Waals surface area contributed by atoms with Crippen LogP contribution in [0.25, 0.3) is 11.0 Å². The second kappa shape index (κ2) is 7.84. The van der Waals surface area contributed by atoms with Gasteiger partial charge < -0.3 is 19.7 Å². The van der Waals surface area contributed by atoms with Crippen LogP contribution in [0.4, 0.5) is 0 Å². The molecule has 7 heteroatoms. The van der Waals surface area contributed by atoms with Crippen LogP contribution in [-0.4, -0.2) is 77.2 Å². The van der Waals surface area contributed by atoms with E-state index >= 15 is 0 Å². The number of β-amino-alcohol motifs (C(OH)–C–C–N with tert-alkyl or cyclic N) is 1. The van der Waals surface area contributed by atoms with Crippen LogP contribution in [0.15, 0.2) is 18.2 Å². The van der Waals surface area contributed by atoms with Crippen LogP contribution < -0.4 is 4.74 Å². The number of hydrogen-bond donors (Lipinski definition) is 2. The summed E-state index contributed by atoms with van der Waals surface area (Å²) in [5, 5.41) is 9.70. The molecule has 0 bridgehead atoms. The highest BCUT2D eigenvalue weighted by molar-refractivity contribution is 5.78. The molecule has 3 rings (SSSR count). The van der Waals surface area contributed by atoms with Crippen LogP contribution in [0.2, 0.25) is 0 Å². The van der Waals surface area contributed by atoms with Crippen molar-refractivity contribution in [2.45, 2.75) is 25.4 Å². The Bertz CT molecular complexity index is 730. The number of carbonyl (C=O) groups is 1. The van der Waals surface area contributed by atoms with E-state index in [1.54, 1.807) is 12.0 Å². The number of likely N-dealkylation sites (tertiary alicyclic amines) is 1. The summed E-state index contributed by atoms with van der Waals surface area (Å²) in [5.74, 6) is 1.72. The molecule has 1 fully saturated rings. The summed E-state index contributed by atoms with van der Waals surface area (Å²) in [6.07, 6.45) is 2.14. The fourth-order valence-corrected chi connectivity index (χ4v) is 3.17. The number of amides is 1. The number of carbonyl (C=O) groups excluding carboxylic acids is 1. The smallest absolute Gasteiger partial charge is 0.236 e. The fraction of sp³-hybridized carbons (Fsp3) is 0.556. The number of aliphatic hydroxyl groups excluding tert-OH is 1. The summed E-state index contributed by atoms with van der Waals surface area (Å²) in [5.41, 5.74) is 1.83. The van der Waals surface area contributed by atoms with Crippen molar-refractivity contribution in [1.82, 2.24) is 19.8 Å². The number of benzene rings is 1. The lowest BCUT2D eigenvalue weighted by atomic mass is 10.1. The number of imidazole rings is 1. The molecule has 1 atom stereocenters. The second-order valence-corrected chi connectivity index (χ2v) is 6.66. The lowest BCUT2D eigenvalue weighted by Gasteiger charge is -2.30. The first kappa shape index (κ1) is 17.7. The van der Waals surface area contributed by atoms with Crippen molar-refractivity contribution in [2.75, 3.05) is 40.3 Å². The van der Waals surface area contributed by atoms with E-state index in [0.29, 0.717) is 26.1 Å². The molecular weight excluding hydrogens is 320 g/mol. The zero-order valence-corrected chi connectivity index (χ0v) is 14.9. The van der Waals surface area contributed by atoms with Crippen molar-refractivity contribution in [3.63, 3.8) is 0 Å². The molecule has 1 aliphatic heterocycles. The van der Waals surface area contributed by atoms with Gasteiger partial charge in [-0.3, -0.25) is 9.69 Å². The van der Waals surface area contributed by atoms with E-state index in [1.807, 2.05) is 30.1 Å². The number of H-pyrrole nitrogens is 1. The topological polar surface area (TPSA) is 81.7 Å². The van der Waals surface area contributed by atoms with E-state index in [-0.39, 0.29) is 12.0 Å². The van der Waals surface area contributed by atoms with E-state index in [0.717, 1.165) is 42.0 Å². The van der Waals surface area contributed by atoms with Gasteiger partial charge in [0.15, 0.2) is 0 Å². The zero-order chi connectivity index (χ0) is 17.8. The Kier molecular flexibility index (Phi) is 5.55. The maximum Gasteiger partial charge on any atom is 0.236 e. The monoisotopic (exact) mass is 346 g/mol. The third-order valence-electron chi connectivity index (χ3n) is 4.69. The Morgan fingerprint density at radius 2 is 2.36 bits per heavy atom. The molecule has 0 radical (unpaired) electrons. The van der Waals surface area contributed by atoms with Gasteiger partial charge in [0.25, 0.3) is 0 Å². The molecule has 7 nitrogen and oxygen atoms in total. The third kappa shape index (κ3) is 4.49. The van der Waals surface area contributed by atoms with Crippen molar-refractivity contribution in [2.24, 2.45) is 0 Å². The van der Waals surface area contributed by atoms with Gasteiger partial charge in [0.1, 0.15) is 11.6 Å². The minimum absolute atomic E-state index is 0.0758. The Morgan fingerprint density at radius 3 is 3.12 bits per heavy atom. The van der Waals surface area contributed by atoms with Gasteiger partial charge in [-0.1, -0.05) is 0 Å². The molecule has 1 saturated heterocycles. The minimum Gasteiger partial charge on any atom is -0.497 e. The van der Waals surface area contributed by atoms with Crippen molar-refractivity contribution in [1.29, 1.82) is 0 Å². The standard InChI is InChI=1S/C18H26N4O3/c1-21(18(24)12-22-8-3-4-13(23)11-22)9-7-17-19-15-6-5-14(25-2)10-16(15)20-17/h5-6,10,13,23H,3-4,7-9,11-12H2,1-2H3,(H,19,20)/t13-/m0/s1. The number of aromatic amines is 1. The second-order valence-electron chi connectivity index (χ2n) is 6.66. The van der Waals surface area contributed by atoms with Crippen molar-refractivity contribution < 1.29 is 14.6 Å². The summed E-state index contributed by atoms with van der Waals surface area (Å²) in [7, 11) is 3.45. The van der Waals surface area contributed by atoms with Gasteiger partial charge in [-0.2, -0.15) is 0 Å². The SMILES string of the molecule is COc1ccc2nc(CCN(C)C(=O)CN3CCC[C@H](O)C3)[nH]c2c1. The highest BCUT2D eigenvalue weighted by atomic mass is 16.5. The Labute approximate surface area is 147 Å². The van der Waals surface area contributed by atoms with E-state index < -0.39 is 0 Å². The number of aromatic nitrogens is 2. The predicted octanol–water partition coefficient (Wildman–Crippen LogP) is 1.03. The van der Waals surface area contributed by atoms with E-state index in [2.05, 4.69) is 9.97 Å². The summed E-state index contributed by atoms with van der Waals surface area (Å²) in [6, 6.07) is 5.72. The van der Waals surface area contributed by atoms with Gasteiger partial charge >= 0.3 is 0 Å². The largest absolute Gasteiger partial charge is 0.497 e. The van der Waals surface area contributed by atoms with Gasteiger partial charge in [-0.15, -0.1) is 0 Å². The quantitative estimate of drug-likeness (QED) is 0.816. The van der Waals surface area contributed by atoms with Crippen LogP contribution in [0.5, 0.6) is 5.75 Å². The molecule has 1 aliphatic rings. The number of likely N-dealkylation sites (N-methyl/N-ethyl adjacent to an activating group) is 1. The summed E-state index contributed by atoms with van der Waals surface area (Å²) in [6.45, 7) is 2.43. The Balaban J connectivity index is 1.52. The maximum atomic E-state index is 12.4. The number of ether oxygens (including phenoxy) is 1.